The van der Waals surface area contributed by atoms with Crippen LogP contribution in [0.15, 0.2) is 24.5 Å². The standard InChI is InChI=1S/C11H18N2O/c14-11(4-3-5-11)10-12-6-9-13-7-1-2-8-13/h1-2,7-8,12,14H,3-6,9-10H2. The van der Waals surface area contributed by atoms with E-state index >= 15 is 0 Å². The average molecular weight is 194 g/mol. The van der Waals surface area contributed by atoms with E-state index in [0.717, 1.165) is 32.5 Å². The molecule has 0 atom stereocenters. The molecular weight excluding hydrogens is 176 g/mol. The zero-order chi connectivity index (χ0) is 9.86. The largest absolute Gasteiger partial charge is 0.389 e. The molecule has 3 heteroatoms. The summed E-state index contributed by atoms with van der Waals surface area (Å²) in [5.41, 5.74) is -0.392. The molecule has 0 saturated heterocycles. The van der Waals surface area contributed by atoms with Gasteiger partial charge >= 0.3 is 0 Å². The predicted molar refractivity (Wildman–Crippen MR) is 56.1 cm³/mol. The summed E-state index contributed by atoms with van der Waals surface area (Å²) in [6, 6.07) is 4.05. The van der Waals surface area contributed by atoms with Gasteiger partial charge in [0.25, 0.3) is 0 Å². The van der Waals surface area contributed by atoms with Gasteiger partial charge in [-0.3, -0.25) is 0 Å². The molecule has 14 heavy (non-hydrogen) atoms. The topological polar surface area (TPSA) is 37.2 Å². The Balaban J connectivity index is 1.59. The van der Waals surface area contributed by atoms with E-state index in [-0.39, 0.29) is 0 Å². The first-order valence-corrected chi connectivity index (χ1v) is 5.32. The van der Waals surface area contributed by atoms with Crippen LogP contribution in [0.2, 0.25) is 0 Å². The predicted octanol–water partition coefficient (Wildman–Crippen LogP) is 0.993. The van der Waals surface area contributed by atoms with Gasteiger partial charge in [-0.15, -0.1) is 0 Å². The molecule has 1 aliphatic rings. The van der Waals surface area contributed by atoms with E-state index in [2.05, 4.69) is 22.3 Å². The van der Waals surface area contributed by atoms with Gasteiger partial charge < -0.3 is 15.0 Å². The van der Waals surface area contributed by atoms with Crippen LogP contribution >= 0.6 is 0 Å². The van der Waals surface area contributed by atoms with E-state index in [1.54, 1.807) is 0 Å². The highest BCUT2D eigenvalue weighted by molar-refractivity contribution is 4.91. The highest BCUT2D eigenvalue weighted by Gasteiger charge is 2.33. The molecule has 0 aliphatic heterocycles. The van der Waals surface area contributed by atoms with E-state index in [1.807, 2.05) is 12.1 Å². The quantitative estimate of drug-likeness (QED) is 0.686. The zero-order valence-corrected chi connectivity index (χ0v) is 8.45. The third-order valence-corrected chi connectivity index (χ3v) is 2.95. The molecule has 0 bridgehead atoms. The van der Waals surface area contributed by atoms with Gasteiger partial charge in [-0.25, -0.2) is 0 Å². The summed E-state index contributed by atoms with van der Waals surface area (Å²) in [6.45, 7) is 2.65. The molecule has 1 aromatic heterocycles. The van der Waals surface area contributed by atoms with Crippen LogP contribution < -0.4 is 5.32 Å². The van der Waals surface area contributed by atoms with Crippen LogP contribution in [-0.2, 0) is 6.54 Å². The van der Waals surface area contributed by atoms with Crippen LogP contribution in [0.3, 0.4) is 0 Å². The number of nitrogens with one attached hydrogen (secondary N) is 1. The summed E-state index contributed by atoms with van der Waals surface area (Å²) in [4.78, 5) is 0. The molecule has 1 heterocycles. The normalized spacial score (nSPS) is 19.2. The molecule has 78 valence electrons. The van der Waals surface area contributed by atoms with E-state index in [9.17, 15) is 5.11 Å². The molecule has 0 spiro atoms. The molecule has 1 fully saturated rings. The summed E-state index contributed by atoms with van der Waals surface area (Å²) >= 11 is 0. The van der Waals surface area contributed by atoms with Crippen LogP contribution in [0.4, 0.5) is 0 Å². The Labute approximate surface area is 84.7 Å². The lowest BCUT2D eigenvalue weighted by Crippen LogP contribution is -2.46. The fraction of sp³-hybridized carbons (Fsp3) is 0.636. The molecule has 0 amide bonds. The summed E-state index contributed by atoms with van der Waals surface area (Å²) in [5.74, 6) is 0. The van der Waals surface area contributed by atoms with Crippen molar-refractivity contribution >= 4 is 0 Å². The van der Waals surface area contributed by atoms with Gasteiger partial charge in [0.1, 0.15) is 0 Å². The highest BCUT2D eigenvalue weighted by Crippen LogP contribution is 2.30. The summed E-state index contributed by atoms with van der Waals surface area (Å²) < 4.78 is 2.14. The Morgan fingerprint density at radius 3 is 2.57 bits per heavy atom. The lowest BCUT2D eigenvalue weighted by atomic mass is 9.80. The van der Waals surface area contributed by atoms with Crippen molar-refractivity contribution in [3.05, 3.63) is 24.5 Å². The molecule has 3 nitrogen and oxygen atoms in total. The lowest BCUT2D eigenvalue weighted by Gasteiger charge is -2.36. The van der Waals surface area contributed by atoms with Gasteiger partial charge in [0.2, 0.25) is 0 Å². The molecule has 1 aromatic rings. The molecule has 1 aliphatic carbocycles. The number of aliphatic hydroxyl groups is 1. The van der Waals surface area contributed by atoms with Crippen molar-refractivity contribution in [1.29, 1.82) is 0 Å². The zero-order valence-electron chi connectivity index (χ0n) is 8.45. The number of nitrogens with zero attached hydrogens (tertiary/aromatic N) is 1. The summed E-state index contributed by atoms with van der Waals surface area (Å²) in [6.07, 6.45) is 7.21. The number of hydrogen-bond acceptors (Lipinski definition) is 2. The second kappa shape index (κ2) is 4.15. The first-order valence-electron chi connectivity index (χ1n) is 5.32. The van der Waals surface area contributed by atoms with Crippen molar-refractivity contribution in [1.82, 2.24) is 9.88 Å². The molecule has 0 unspecified atom stereocenters. The SMILES string of the molecule is OC1(CNCCn2cccc2)CCC1. The van der Waals surface area contributed by atoms with E-state index in [4.69, 9.17) is 0 Å². The Bertz CT molecular complexity index is 265. The smallest absolute Gasteiger partial charge is 0.0771 e. The van der Waals surface area contributed by atoms with Crippen LogP contribution in [-0.4, -0.2) is 28.4 Å². The minimum absolute atomic E-state index is 0.392. The van der Waals surface area contributed by atoms with Gasteiger partial charge in [0.05, 0.1) is 5.60 Å². The fourth-order valence-corrected chi connectivity index (χ4v) is 1.81. The van der Waals surface area contributed by atoms with E-state index in [1.165, 1.54) is 6.42 Å². The second-order valence-corrected chi connectivity index (χ2v) is 4.18. The molecule has 2 N–H and O–H groups in total. The molecule has 0 radical (unpaired) electrons. The van der Waals surface area contributed by atoms with Crippen molar-refractivity contribution in [2.45, 2.75) is 31.4 Å². The monoisotopic (exact) mass is 194 g/mol. The summed E-state index contributed by atoms with van der Waals surface area (Å²) in [5, 5.41) is 13.1. The van der Waals surface area contributed by atoms with Crippen LogP contribution in [0.25, 0.3) is 0 Å². The number of hydrogen-bond donors (Lipinski definition) is 2. The van der Waals surface area contributed by atoms with Gasteiger partial charge in [-0.1, -0.05) is 0 Å². The Morgan fingerprint density at radius 1 is 1.29 bits per heavy atom. The molecule has 2 rings (SSSR count). The Kier molecular flexibility index (Phi) is 2.89. The van der Waals surface area contributed by atoms with Crippen molar-refractivity contribution in [3.8, 4) is 0 Å². The van der Waals surface area contributed by atoms with E-state index in [0.29, 0.717) is 0 Å². The lowest BCUT2D eigenvalue weighted by molar-refractivity contribution is -0.0312. The number of aromatic nitrogens is 1. The van der Waals surface area contributed by atoms with Gasteiger partial charge in [0, 0.05) is 32.0 Å². The molecule has 0 aromatic carbocycles. The minimum atomic E-state index is -0.392. The first kappa shape index (κ1) is 9.74. The van der Waals surface area contributed by atoms with E-state index < -0.39 is 5.60 Å². The maximum absolute atomic E-state index is 9.80. The van der Waals surface area contributed by atoms with Crippen LogP contribution in [0.5, 0.6) is 0 Å². The third kappa shape index (κ3) is 2.36. The van der Waals surface area contributed by atoms with Gasteiger partial charge in [-0.2, -0.15) is 0 Å². The van der Waals surface area contributed by atoms with Crippen molar-refractivity contribution in [3.63, 3.8) is 0 Å². The first-order chi connectivity index (χ1) is 6.79. The number of rotatable bonds is 5. The maximum atomic E-state index is 9.80. The maximum Gasteiger partial charge on any atom is 0.0771 e. The average Bonchev–Trinajstić information content (AvgIpc) is 2.62. The molecule has 1 saturated carbocycles. The van der Waals surface area contributed by atoms with Crippen LogP contribution in [0.1, 0.15) is 19.3 Å². The molecular formula is C11H18N2O. The van der Waals surface area contributed by atoms with Gasteiger partial charge in [-0.05, 0) is 31.4 Å². The van der Waals surface area contributed by atoms with Crippen molar-refractivity contribution in [2.24, 2.45) is 0 Å². The van der Waals surface area contributed by atoms with Crippen LogP contribution in [0, 0.1) is 0 Å². The van der Waals surface area contributed by atoms with Crippen molar-refractivity contribution in [2.75, 3.05) is 13.1 Å². The Morgan fingerprint density at radius 2 is 2.00 bits per heavy atom. The fourth-order valence-electron chi connectivity index (χ4n) is 1.81. The second-order valence-electron chi connectivity index (χ2n) is 4.18. The van der Waals surface area contributed by atoms with Gasteiger partial charge in [0.15, 0.2) is 0 Å². The highest BCUT2D eigenvalue weighted by atomic mass is 16.3. The third-order valence-electron chi connectivity index (χ3n) is 2.95. The summed E-state index contributed by atoms with van der Waals surface area (Å²) in [7, 11) is 0. The Hall–Kier alpha value is -0.800. The minimum Gasteiger partial charge on any atom is -0.389 e. The van der Waals surface area contributed by atoms with Crippen molar-refractivity contribution < 1.29 is 5.11 Å².